The Bertz CT molecular complexity index is 941. The van der Waals surface area contributed by atoms with Crippen LogP contribution in [0.3, 0.4) is 0 Å². The second kappa shape index (κ2) is 11.7. The van der Waals surface area contributed by atoms with E-state index < -0.39 is 6.04 Å². The first-order valence-corrected chi connectivity index (χ1v) is 12.2. The number of amides is 2. The lowest BCUT2D eigenvalue weighted by atomic mass is 9.95. The monoisotopic (exact) mass is 474 g/mol. The van der Waals surface area contributed by atoms with Crippen LogP contribution in [0.2, 0.25) is 10.0 Å². The van der Waals surface area contributed by atoms with Crippen LogP contribution in [0.5, 0.6) is 0 Å². The van der Waals surface area contributed by atoms with Crippen molar-refractivity contribution in [2.45, 2.75) is 77.4 Å². The third-order valence-corrected chi connectivity index (χ3v) is 7.02. The van der Waals surface area contributed by atoms with Crippen LogP contribution < -0.4 is 5.32 Å². The number of carbonyl (C=O) groups excluding carboxylic acids is 2. The number of halogens is 2. The molecular weight excluding hydrogens is 443 g/mol. The molecule has 0 bridgehead atoms. The number of nitrogens with zero attached hydrogens (tertiary/aromatic N) is 1. The summed E-state index contributed by atoms with van der Waals surface area (Å²) in [6.45, 7) is 4.38. The quantitative estimate of drug-likeness (QED) is 0.502. The molecular formula is C26H32Cl2N2O2. The summed E-state index contributed by atoms with van der Waals surface area (Å²) in [5.74, 6) is -0.159. The third-order valence-electron chi connectivity index (χ3n) is 6.28. The van der Waals surface area contributed by atoms with Gasteiger partial charge in [-0.2, -0.15) is 0 Å². The van der Waals surface area contributed by atoms with Gasteiger partial charge in [-0.15, -0.1) is 0 Å². The van der Waals surface area contributed by atoms with Gasteiger partial charge in [0.2, 0.25) is 11.8 Å². The molecule has 0 saturated heterocycles. The molecule has 0 aliphatic heterocycles. The van der Waals surface area contributed by atoms with Crippen LogP contribution in [-0.2, 0) is 22.6 Å². The van der Waals surface area contributed by atoms with E-state index in [0.717, 1.165) is 42.4 Å². The lowest BCUT2D eigenvalue weighted by Gasteiger charge is -2.33. The summed E-state index contributed by atoms with van der Waals surface area (Å²) in [7, 11) is 0. The van der Waals surface area contributed by atoms with Gasteiger partial charge in [-0.1, -0.05) is 79.7 Å². The van der Waals surface area contributed by atoms with Crippen LogP contribution >= 0.6 is 23.2 Å². The van der Waals surface area contributed by atoms with Crippen molar-refractivity contribution in [3.63, 3.8) is 0 Å². The maximum Gasteiger partial charge on any atom is 0.243 e. The summed E-state index contributed by atoms with van der Waals surface area (Å²) in [5.41, 5.74) is 2.92. The Labute approximate surface area is 201 Å². The van der Waals surface area contributed by atoms with E-state index in [4.69, 9.17) is 23.2 Å². The van der Waals surface area contributed by atoms with Crippen LogP contribution in [0.4, 0.5) is 0 Å². The third kappa shape index (κ3) is 6.49. The summed E-state index contributed by atoms with van der Waals surface area (Å²) in [6.07, 6.45) is 6.25. The van der Waals surface area contributed by atoms with Crippen LogP contribution in [0.15, 0.2) is 42.5 Å². The minimum Gasteiger partial charge on any atom is -0.352 e. The molecule has 1 saturated carbocycles. The zero-order chi connectivity index (χ0) is 23.1. The average molecular weight is 475 g/mol. The molecule has 1 N–H and O–H groups in total. The molecule has 2 aromatic rings. The number of benzene rings is 2. The van der Waals surface area contributed by atoms with Gasteiger partial charge < -0.3 is 10.2 Å². The molecule has 4 nitrogen and oxygen atoms in total. The molecule has 1 aliphatic carbocycles. The number of aryl methyl sites for hydroxylation is 1. The Morgan fingerprint density at radius 2 is 1.78 bits per heavy atom. The molecule has 2 amide bonds. The van der Waals surface area contributed by atoms with Crippen LogP contribution in [0, 0.1) is 6.92 Å². The maximum absolute atomic E-state index is 13.5. The Morgan fingerprint density at radius 3 is 2.44 bits per heavy atom. The summed E-state index contributed by atoms with van der Waals surface area (Å²) < 4.78 is 0. The van der Waals surface area contributed by atoms with Crippen molar-refractivity contribution in [1.29, 1.82) is 0 Å². The molecule has 172 valence electrons. The Morgan fingerprint density at radius 1 is 1.06 bits per heavy atom. The Balaban J connectivity index is 1.83. The predicted octanol–water partition coefficient (Wildman–Crippen LogP) is 6.10. The lowest BCUT2D eigenvalue weighted by molar-refractivity contribution is -0.141. The highest BCUT2D eigenvalue weighted by atomic mass is 35.5. The normalized spacial score (nSPS) is 15.2. The van der Waals surface area contributed by atoms with Crippen molar-refractivity contribution in [2.75, 3.05) is 0 Å². The van der Waals surface area contributed by atoms with E-state index >= 15 is 0 Å². The highest BCUT2D eigenvalue weighted by molar-refractivity contribution is 6.42. The Kier molecular flexibility index (Phi) is 9.01. The molecule has 2 aromatic carbocycles. The van der Waals surface area contributed by atoms with Crippen LogP contribution in [0.1, 0.15) is 62.1 Å². The maximum atomic E-state index is 13.5. The van der Waals surface area contributed by atoms with E-state index in [0.29, 0.717) is 23.0 Å². The van der Waals surface area contributed by atoms with Crippen molar-refractivity contribution in [3.8, 4) is 0 Å². The lowest BCUT2D eigenvalue weighted by Crippen LogP contribution is -2.52. The molecule has 3 rings (SSSR count). The van der Waals surface area contributed by atoms with E-state index in [1.165, 1.54) is 6.42 Å². The first-order chi connectivity index (χ1) is 15.4. The summed E-state index contributed by atoms with van der Waals surface area (Å²) in [5, 5.41) is 4.09. The second-order valence-corrected chi connectivity index (χ2v) is 9.46. The van der Waals surface area contributed by atoms with Gasteiger partial charge in [-0.05, 0) is 55.0 Å². The fourth-order valence-corrected chi connectivity index (χ4v) is 4.68. The van der Waals surface area contributed by atoms with Crippen molar-refractivity contribution >= 4 is 35.0 Å². The SMILES string of the molecule is CC[C@@H](C(=O)NC1CCCCC1)N(Cc1ccccc1C)C(=O)Cc1ccc(Cl)c(Cl)c1. The molecule has 1 atom stereocenters. The van der Waals surface area contributed by atoms with Gasteiger partial charge in [-0.3, -0.25) is 9.59 Å². The van der Waals surface area contributed by atoms with Gasteiger partial charge in [0.25, 0.3) is 0 Å². The van der Waals surface area contributed by atoms with Crippen molar-refractivity contribution in [1.82, 2.24) is 10.2 Å². The van der Waals surface area contributed by atoms with Gasteiger partial charge in [-0.25, -0.2) is 0 Å². The van der Waals surface area contributed by atoms with Gasteiger partial charge in [0.1, 0.15) is 6.04 Å². The van der Waals surface area contributed by atoms with Crippen LogP contribution in [-0.4, -0.2) is 28.8 Å². The predicted molar refractivity (Wildman–Crippen MR) is 131 cm³/mol. The fraction of sp³-hybridized carbons (Fsp3) is 0.462. The highest BCUT2D eigenvalue weighted by Crippen LogP contribution is 2.24. The van der Waals surface area contributed by atoms with Gasteiger partial charge in [0, 0.05) is 12.6 Å². The average Bonchev–Trinajstić information content (AvgIpc) is 2.78. The topological polar surface area (TPSA) is 49.4 Å². The molecule has 0 spiro atoms. The van der Waals surface area contributed by atoms with Crippen LogP contribution in [0.25, 0.3) is 0 Å². The van der Waals surface area contributed by atoms with Crippen molar-refractivity contribution in [3.05, 3.63) is 69.2 Å². The molecule has 32 heavy (non-hydrogen) atoms. The molecule has 0 heterocycles. The molecule has 0 aromatic heterocycles. The minimum atomic E-state index is -0.521. The largest absolute Gasteiger partial charge is 0.352 e. The summed E-state index contributed by atoms with van der Waals surface area (Å²) in [6, 6.07) is 12.9. The van der Waals surface area contributed by atoms with Gasteiger partial charge >= 0.3 is 0 Å². The zero-order valence-corrected chi connectivity index (χ0v) is 20.4. The van der Waals surface area contributed by atoms with Crippen molar-refractivity contribution < 1.29 is 9.59 Å². The fourth-order valence-electron chi connectivity index (χ4n) is 4.36. The van der Waals surface area contributed by atoms with E-state index in [-0.39, 0.29) is 24.3 Å². The van der Waals surface area contributed by atoms with E-state index in [1.807, 2.05) is 38.1 Å². The summed E-state index contributed by atoms with van der Waals surface area (Å²) >= 11 is 12.2. The number of hydrogen-bond donors (Lipinski definition) is 1. The molecule has 0 unspecified atom stereocenters. The highest BCUT2D eigenvalue weighted by Gasteiger charge is 2.30. The minimum absolute atomic E-state index is 0.0597. The van der Waals surface area contributed by atoms with Crippen molar-refractivity contribution in [2.24, 2.45) is 0 Å². The number of hydrogen-bond acceptors (Lipinski definition) is 2. The molecule has 1 fully saturated rings. The first-order valence-electron chi connectivity index (χ1n) is 11.5. The molecule has 1 aliphatic rings. The molecule has 6 heteroatoms. The van der Waals surface area contributed by atoms with Gasteiger partial charge in [0.15, 0.2) is 0 Å². The van der Waals surface area contributed by atoms with E-state index in [9.17, 15) is 9.59 Å². The zero-order valence-electron chi connectivity index (χ0n) is 18.9. The summed E-state index contributed by atoms with van der Waals surface area (Å²) in [4.78, 5) is 28.5. The number of nitrogens with one attached hydrogen (secondary N) is 1. The standard InChI is InChI=1S/C26H32Cl2N2O2/c1-3-24(26(32)29-21-11-5-4-6-12-21)30(17-20-10-8-7-9-18(20)2)25(31)16-19-13-14-22(27)23(28)15-19/h7-10,13-15,21,24H,3-6,11-12,16-17H2,1-2H3,(H,29,32)/t24-/m0/s1. The second-order valence-electron chi connectivity index (χ2n) is 8.64. The smallest absolute Gasteiger partial charge is 0.243 e. The molecule has 0 radical (unpaired) electrons. The van der Waals surface area contributed by atoms with E-state index in [2.05, 4.69) is 5.32 Å². The first kappa shape index (κ1) is 24.6. The van der Waals surface area contributed by atoms with Gasteiger partial charge in [0.05, 0.1) is 16.5 Å². The Hall–Kier alpha value is -2.04. The van der Waals surface area contributed by atoms with E-state index in [1.54, 1.807) is 23.1 Å². The number of carbonyl (C=O) groups is 2. The number of rotatable bonds is 8.